The van der Waals surface area contributed by atoms with E-state index in [1.807, 2.05) is 21.7 Å². The van der Waals surface area contributed by atoms with E-state index in [1.165, 1.54) is 18.5 Å². The number of hydrogen-bond acceptors (Lipinski definition) is 6. The normalized spacial score (nSPS) is 21.1. The van der Waals surface area contributed by atoms with Gasteiger partial charge in [-0.15, -0.1) is 0 Å². The molecule has 8 nitrogen and oxygen atoms in total. The molecule has 0 bridgehead atoms. The number of benzene rings is 1. The van der Waals surface area contributed by atoms with Crippen LogP contribution in [0.2, 0.25) is 0 Å². The summed E-state index contributed by atoms with van der Waals surface area (Å²) in [6.07, 6.45) is 1.25. The van der Waals surface area contributed by atoms with Crippen molar-refractivity contribution in [2.45, 2.75) is 50.7 Å². The summed E-state index contributed by atoms with van der Waals surface area (Å²) in [5, 5.41) is 11.5. The molecule has 11 heteroatoms. The van der Waals surface area contributed by atoms with Crippen LogP contribution in [0.25, 0.3) is 11.0 Å². The Morgan fingerprint density at radius 3 is 2.53 bits per heavy atom. The lowest BCUT2D eigenvalue weighted by atomic mass is 9.93. The van der Waals surface area contributed by atoms with E-state index < -0.39 is 23.8 Å². The molecule has 2 aromatic heterocycles. The third-order valence-corrected chi connectivity index (χ3v) is 7.05. The molecule has 192 valence electrons. The number of alkyl halides is 3. The second-order valence-electron chi connectivity index (χ2n) is 9.77. The molecule has 2 unspecified atom stereocenters. The van der Waals surface area contributed by atoms with Gasteiger partial charge < -0.3 is 20.3 Å². The van der Waals surface area contributed by atoms with Gasteiger partial charge in [-0.2, -0.15) is 13.2 Å². The number of piperidine rings is 1. The molecule has 3 heterocycles. The van der Waals surface area contributed by atoms with E-state index in [2.05, 4.69) is 14.9 Å². The lowest BCUT2D eigenvalue weighted by Gasteiger charge is -2.35. The molecule has 2 fully saturated rings. The molecule has 1 aliphatic heterocycles. The first-order chi connectivity index (χ1) is 17.2. The highest BCUT2D eigenvalue weighted by Gasteiger charge is 2.33. The molecular formula is C25H29F3N6O2. The van der Waals surface area contributed by atoms with Crippen LogP contribution in [-0.2, 0) is 24.1 Å². The summed E-state index contributed by atoms with van der Waals surface area (Å²) in [6, 6.07) is 7.52. The van der Waals surface area contributed by atoms with Gasteiger partial charge in [0.2, 0.25) is 5.91 Å². The first kappa shape index (κ1) is 24.5. The van der Waals surface area contributed by atoms with Crippen LogP contribution >= 0.6 is 0 Å². The molecule has 0 radical (unpaired) electrons. The van der Waals surface area contributed by atoms with Gasteiger partial charge in [0.1, 0.15) is 17.8 Å². The second kappa shape index (κ2) is 9.70. The highest BCUT2D eigenvalue weighted by molar-refractivity contribution is 5.88. The van der Waals surface area contributed by atoms with Crippen LogP contribution in [0.1, 0.15) is 30.4 Å². The standard InChI is InChI=1S/C25H29F3N6O2/c26-25(27,28)18-3-1-16(2-4-18)11-34(19-5-6-19)24-20-8-10-33(23(20)30-15-31-24)12-17-7-9-32(13-21(17)35)14-22(29)36/h1-4,8,10,15,17,19,21,35H,5-7,9,11-14H2,(H2,29,36). The molecule has 0 spiro atoms. The van der Waals surface area contributed by atoms with Gasteiger partial charge >= 0.3 is 6.18 Å². The minimum absolute atomic E-state index is 0.00910. The number of fused-ring (bicyclic) bond motifs is 1. The van der Waals surface area contributed by atoms with Crippen molar-refractivity contribution in [1.29, 1.82) is 0 Å². The molecule has 2 atom stereocenters. The van der Waals surface area contributed by atoms with Crippen LogP contribution in [0.3, 0.4) is 0 Å². The molecule has 5 rings (SSSR count). The van der Waals surface area contributed by atoms with Crippen LogP contribution in [-0.4, -0.2) is 62.2 Å². The molecule has 1 amide bonds. The van der Waals surface area contributed by atoms with Gasteiger partial charge in [0.25, 0.3) is 0 Å². The van der Waals surface area contributed by atoms with Crippen molar-refractivity contribution in [2.24, 2.45) is 11.7 Å². The predicted molar refractivity (Wildman–Crippen MR) is 128 cm³/mol. The predicted octanol–water partition coefficient (Wildman–Crippen LogP) is 2.79. The molecule has 1 aliphatic carbocycles. The Labute approximate surface area is 206 Å². The van der Waals surface area contributed by atoms with Crippen molar-refractivity contribution in [3.05, 3.63) is 54.0 Å². The Balaban J connectivity index is 1.34. The fraction of sp³-hybridized carbons (Fsp3) is 0.480. The highest BCUT2D eigenvalue weighted by atomic mass is 19.4. The van der Waals surface area contributed by atoms with Crippen molar-refractivity contribution in [1.82, 2.24) is 19.4 Å². The zero-order chi connectivity index (χ0) is 25.4. The highest BCUT2D eigenvalue weighted by Crippen LogP contribution is 2.36. The van der Waals surface area contributed by atoms with Crippen molar-refractivity contribution < 1.29 is 23.1 Å². The largest absolute Gasteiger partial charge is 0.416 e. The van der Waals surface area contributed by atoms with E-state index in [1.54, 1.807) is 0 Å². The monoisotopic (exact) mass is 502 g/mol. The number of nitrogens with two attached hydrogens (primary N) is 1. The summed E-state index contributed by atoms with van der Waals surface area (Å²) in [4.78, 5) is 24.3. The zero-order valence-electron chi connectivity index (χ0n) is 19.7. The lowest BCUT2D eigenvalue weighted by Crippen LogP contribution is -2.47. The maximum Gasteiger partial charge on any atom is 0.416 e. The number of nitrogens with zero attached hydrogens (tertiary/aromatic N) is 5. The number of likely N-dealkylation sites (tertiary alicyclic amines) is 1. The first-order valence-electron chi connectivity index (χ1n) is 12.1. The summed E-state index contributed by atoms with van der Waals surface area (Å²) >= 11 is 0. The minimum Gasteiger partial charge on any atom is -0.391 e. The SMILES string of the molecule is NC(=O)CN1CCC(Cn2ccc3c(N(Cc4ccc(C(F)(F)F)cc4)C4CC4)ncnc32)C(O)C1. The Kier molecular flexibility index (Phi) is 6.60. The summed E-state index contributed by atoms with van der Waals surface area (Å²) in [7, 11) is 0. The van der Waals surface area contributed by atoms with Gasteiger partial charge in [-0.1, -0.05) is 12.1 Å². The number of rotatable bonds is 8. The zero-order valence-corrected chi connectivity index (χ0v) is 19.7. The number of aliphatic hydroxyl groups excluding tert-OH is 1. The number of carbonyl (C=O) groups is 1. The molecule has 1 aromatic carbocycles. The number of primary amides is 1. The number of aromatic nitrogens is 3. The lowest BCUT2D eigenvalue weighted by molar-refractivity contribution is -0.137. The fourth-order valence-electron chi connectivity index (χ4n) is 5.00. The topological polar surface area (TPSA) is 101 Å². The van der Waals surface area contributed by atoms with Crippen molar-refractivity contribution >= 4 is 22.8 Å². The number of halogens is 3. The minimum atomic E-state index is -4.36. The maximum absolute atomic E-state index is 13.0. The van der Waals surface area contributed by atoms with Crippen LogP contribution < -0.4 is 10.6 Å². The average molecular weight is 503 g/mol. The van der Waals surface area contributed by atoms with Gasteiger partial charge in [0.05, 0.1) is 23.6 Å². The second-order valence-corrected chi connectivity index (χ2v) is 9.77. The number of amides is 1. The van der Waals surface area contributed by atoms with Gasteiger partial charge in [-0.3, -0.25) is 9.69 Å². The van der Waals surface area contributed by atoms with Gasteiger partial charge in [0.15, 0.2) is 0 Å². The molecule has 3 aromatic rings. The number of carbonyl (C=O) groups excluding carboxylic acids is 1. The molecule has 1 saturated heterocycles. The number of hydrogen-bond donors (Lipinski definition) is 2. The van der Waals surface area contributed by atoms with Crippen LogP contribution in [0, 0.1) is 5.92 Å². The maximum atomic E-state index is 13.0. The fourth-order valence-corrected chi connectivity index (χ4v) is 5.00. The third kappa shape index (κ3) is 5.31. The summed E-state index contributed by atoms with van der Waals surface area (Å²) < 4.78 is 40.9. The summed E-state index contributed by atoms with van der Waals surface area (Å²) in [5.41, 5.74) is 6.16. The van der Waals surface area contributed by atoms with Crippen molar-refractivity contribution in [3.63, 3.8) is 0 Å². The van der Waals surface area contributed by atoms with Gasteiger partial charge in [-0.05, 0) is 49.6 Å². The number of aliphatic hydroxyl groups is 1. The van der Waals surface area contributed by atoms with E-state index in [9.17, 15) is 23.1 Å². The number of anilines is 1. The molecule has 1 saturated carbocycles. The van der Waals surface area contributed by atoms with Crippen LogP contribution in [0.5, 0.6) is 0 Å². The quantitative estimate of drug-likeness (QED) is 0.492. The van der Waals surface area contributed by atoms with E-state index >= 15 is 0 Å². The van der Waals surface area contributed by atoms with E-state index in [0.717, 1.165) is 53.8 Å². The van der Waals surface area contributed by atoms with Crippen LogP contribution in [0.15, 0.2) is 42.9 Å². The van der Waals surface area contributed by atoms with Crippen molar-refractivity contribution in [3.8, 4) is 0 Å². The van der Waals surface area contributed by atoms with Gasteiger partial charge in [-0.25, -0.2) is 9.97 Å². The summed E-state index contributed by atoms with van der Waals surface area (Å²) in [5.74, 6) is 0.366. The average Bonchev–Trinajstić information content (AvgIpc) is 3.59. The smallest absolute Gasteiger partial charge is 0.391 e. The molecule has 3 N–H and O–H groups in total. The van der Waals surface area contributed by atoms with Crippen LogP contribution in [0.4, 0.5) is 19.0 Å². The Bertz CT molecular complexity index is 1220. The third-order valence-electron chi connectivity index (χ3n) is 7.05. The van der Waals surface area contributed by atoms with E-state index in [-0.39, 0.29) is 18.5 Å². The molecular weight excluding hydrogens is 473 g/mol. The molecule has 36 heavy (non-hydrogen) atoms. The molecule has 2 aliphatic rings. The van der Waals surface area contributed by atoms with Crippen molar-refractivity contribution in [2.75, 3.05) is 24.5 Å². The van der Waals surface area contributed by atoms with E-state index in [0.29, 0.717) is 26.2 Å². The Morgan fingerprint density at radius 2 is 1.89 bits per heavy atom. The first-order valence-corrected chi connectivity index (χ1v) is 12.1. The van der Waals surface area contributed by atoms with E-state index in [4.69, 9.17) is 5.73 Å². The number of β-amino-alcohol motifs (C(OH)–C–C–N with tert-alkyl or cyclic N) is 1. The summed E-state index contributed by atoms with van der Waals surface area (Å²) in [6.45, 7) is 2.26. The van der Waals surface area contributed by atoms with Gasteiger partial charge in [0, 0.05) is 37.8 Å². The Morgan fingerprint density at radius 1 is 1.14 bits per heavy atom. The Hall–Kier alpha value is -3.18.